The first-order valence-electron chi connectivity index (χ1n) is 4.90. The first-order valence-corrected chi connectivity index (χ1v) is 4.90. The van der Waals surface area contributed by atoms with Crippen LogP contribution in [-0.4, -0.2) is 28.6 Å². The van der Waals surface area contributed by atoms with Gasteiger partial charge in [0.05, 0.1) is 12.6 Å². The van der Waals surface area contributed by atoms with Gasteiger partial charge in [-0.15, -0.1) is 0 Å². The molecule has 84 valence electrons. The average Bonchev–Trinajstić information content (AvgIpc) is 2.60. The highest BCUT2D eigenvalue weighted by Crippen LogP contribution is 2.06. The van der Waals surface area contributed by atoms with E-state index in [1.807, 2.05) is 13.8 Å². The largest absolute Gasteiger partial charge is 0.397 e. The lowest BCUT2D eigenvalue weighted by atomic mass is 10.1. The van der Waals surface area contributed by atoms with Gasteiger partial charge in [-0.05, 0) is 12.0 Å². The molecule has 1 atom stereocenters. The zero-order chi connectivity index (χ0) is 11.4. The Labute approximate surface area is 88.7 Å². The molecule has 0 spiro atoms. The van der Waals surface area contributed by atoms with Crippen LogP contribution in [0.1, 0.15) is 24.3 Å². The third-order valence-electron chi connectivity index (χ3n) is 2.27. The first kappa shape index (κ1) is 11.6. The van der Waals surface area contributed by atoms with Crippen molar-refractivity contribution in [3.05, 3.63) is 18.0 Å². The van der Waals surface area contributed by atoms with E-state index in [9.17, 15) is 4.79 Å². The van der Waals surface area contributed by atoms with E-state index >= 15 is 0 Å². The summed E-state index contributed by atoms with van der Waals surface area (Å²) in [7, 11) is 0. The van der Waals surface area contributed by atoms with Crippen LogP contribution in [0, 0.1) is 5.92 Å². The Kier molecular flexibility index (Phi) is 3.74. The zero-order valence-corrected chi connectivity index (χ0v) is 8.95. The van der Waals surface area contributed by atoms with E-state index in [0.717, 1.165) is 0 Å². The van der Waals surface area contributed by atoms with Gasteiger partial charge in [-0.2, -0.15) is 0 Å². The number of nitrogens with two attached hydrogens (primary N) is 1. The molecule has 1 amide bonds. The van der Waals surface area contributed by atoms with Gasteiger partial charge < -0.3 is 21.1 Å². The lowest BCUT2D eigenvalue weighted by Gasteiger charge is -2.19. The van der Waals surface area contributed by atoms with E-state index in [1.54, 1.807) is 12.3 Å². The number of hydrogen-bond acceptors (Lipinski definition) is 3. The van der Waals surface area contributed by atoms with Crippen molar-refractivity contribution in [3.8, 4) is 0 Å². The molecule has 1 aromatic heterocycles. The molecule has 0 aliphatic heterocycles. The summed E-state index contributed by atoms with van der Waals surface area (Å²) in [6, 6.07) is 1.33. The van der Waals surface area contributed by atoms with Crippen LogP contribution in [0.25, 0.3) is 0 Å². The standard InChI is InChI=1S/C10H17N3O2/c1-6(2)9(5-14)13-10(15)8-3-7(11)4-12-8/h3-4,6,9,12,14H,5,11H2,1-2H3,(H,13,15)/t9-/m1/s1. The second-order valence-corrected chi connectivity index (χ2v) is 3.85. The van der Waals surface area contributed by atoms with Crippen molar-refractivity contribution in [2.45, 2.75) is 19.9 Å². The summed E-state index contributed by atoms with van der Waals surface area (Å²) in [4.78, 5) is 14.4. The van der Waals surface area contributed by atoms with Gasteiger partial charge in [0, 0.05) is 11.9 Å². The molecule has 0 aliphatic carbocycles. The summed E-state index contributed by atoms with van der Waals surface area (Å²) in [6.45, 7) is 3.80. The number of anilines is 1. The number of aromatic amines is 1. The molecular weight excluding hydrogens is 194 g/mol. The number of H-pyrrole nitrogens is 1. The number of carbonyl (C=O) groups is 1. The lowest BCUT2D eigenvalue weighted by molar-refractivity contribution is 0.0892. The van der Waals surface area contributed by atoms with Crippen LogP contribution in [-0.2, 0) is 0 Å². The average molecular weight is 211 g/mol. The molecule has 1 rings (SSSR count). The number of amides is 1. The zero-order valence-electron chi connectivity index (χ0n) is 8.95. The van der Waals surface area contributed by atoms with Crippen molar-refractivity contribution in [2.75, 3.05) is 12.3 Å². The maximum atomic E-state index is 11.6. The summed E-state index contributed by atoms with van der Waals surface area (Å²) in [5.74, 6) is -0.0642. The van der Waals surface area contributed by atoms with Crippen LogP contribution in [0.3, 0.4) is 0 Å². The summed E-state index contributed by atoms with van der Waals surface area (Å²) in [5, 5.41) is 11.8. The summed E-state index contributed by atoms with van der Waals surface area (Å²) in [5.41, 5.74) is 6.41. The van der Waals surface area contributed by atoms with Gasteiger partial charge in [-0.25, -0.2) is 0 Å². The lowest BCUT2D eigenvalue weighted by Crippen LogP contribution is -2.41. The van der Waals surface area contributed by atoms with Gasteiger partial charge in [0.25, 0.3) is 5.91 Å². The van der Waals surface area contributed by atoms with Crippen LogP contribution in [0.4, 0.5) is 5.69 Å². The van der Waals surface area contributed by atoms with Gasteiger partial charge in [0.15, 0.2) is 0 Å². The molecule has 0 aromatic carbocycles. The van der Waals surface area contributed by atoms with E-state index in [-0.39, 0.29) is 24.5 Å². The van der Waals surface area contributed by atoms with Crippen molar-refractivity contribution >= 4 is 11.6 Å². The van der Waals surface area contributed by atoms with Crippen molar-refractivity contribution < 1.29 is 9.90 Å². The predicted molar refractivity (Wildman–Crippen MR) is 58.4 cm³/mol. The fourth-order valence-corrected chi connectivity index (χ4v) is 1.21. The highest BCUT2D eigenvalue weighted by Gasteiger charge is 2.16. The van der Waals surface area contributed by atoms with Crippen LogP contribution in [0.5, 0.6) is 0 Å². The molecule has 0 saturated carbocycles. The number of rotatable bonds is 4. The quantitative estimate of drug-likeness (QED) is 0.579. The minimum absolute atomic E-state index is 0.0698. The fraction of sp³-hybridized carbons (Fsp3) is 0.500. The minimum Gasteiger partial charge on any atom is -0.397 e. The molecule has 5 heteroatoms. The van der Waals surface area contributed by atoms with E-state index in [0.29, 0.717) is 11.4 Å². The summed E-state index contributed by atoms with van der Waals surface area (Å²) in [6.07, 6.45) is 1.55. The number of hydrogen-bond donors (Lipinski definition) is 4. The summed E-state index contributed by atoms with van der Waals surface area (Å²) >= 11 is 0. The normalized spacial score (nSPS) is 12.8. The Morgan fingerprint density at radius 2 is 2.33 bits per heavy atom. The monoisotopic (exact) mass is 211 g/mol. The van der Waals surface area contributed by atoms with Crippen molar-refractivity contribution in [3.63, 3.8) is 0 Å². The third-order valence-corrected chi connectivity index (χ3v) is 2.27. The van der Waals surface area contributed by atoms with Crippen molar-refractivity contribution in [1.29, 1.82) is 0 Å². The molecule has 0 radical (unpaired) electrons. The molecule has 0 unspecified atom stereocenters. The first-order chi connectivity index (χ1) is 7.04. The van der Waals surface area contributed by atoms with Crippen LogP contribution >= 0.6 is 0 Å². The van der Waals surface area contributed by atoms with E-state index in [1.165, 1.54) is 0 Å². The Balaban J connectivity index is 2.62. The van der Waals surface area contributed by atoms with E-state index in [2.05, 4.69) is 10.3 Å². The predicted octanol–water partition coefficient (Wildman–Crippen LogP) is 0.344. The second-order valence-electron chi connectivity index (χ2n) is 3.85. The van der Waals surface area contributed by atoms with Crippen LogP contribution in [0.2, 0.25) is 0 Å². The Bertz CT molecular complexity index is 333. The van der Waals surface area contributed by atoms with Gasteiger partial charge in [-0.3, -0.25) is 4.79 Å². The summed E-state index contributed by atoms with van der Waals surface area (Å²) < 4.78 is 0. The second kappa shape index (κ2) is 4.84. The minimum atomic E-state index is -0.251. The Hall–Kier alpha value is -1.49. The van der Waals surface area contributed by atoms with Crippen molar-refractivity contribution in [1.82, 2.24) is 10.3 Å². The maximum Gasteiger partial charge on any atom is 0.268 e. The smallest absolute Gasteiger partial charge is 0.268 e. The third kappa shape index (κ3) is 2.99. The molecule has 0 bridgehead atoms. The molecule has 5 N–H and O–H groups in total. The number of aromatic nitrogens is 1. The molecule has 0 aliphatic rings. The van der Waals surface area contributed by atoms with E-state index in [4.69, 9.17) is 10.8 Å². The number of nitrogens with one attached hydrogen (secondary N) is 2. The number of nitrogen functional groups attached to an aromatic ring is 1. The van der Waals surface area contributed by atoms with Gasteiger partial charge in [0.2, 0.25) is 0 Å². The van der Waals surface area contributed by atoms with Gasteiger partial charge in [0.1, 0.15) is 5.69 Å². The molecule has 1 heterocycles. The highest BCUT2D eigenvalue weighted by molar-refractivity contribution is 5.93. The topological polar surface area (TPSA) is 91.1 Å². The highest BCUT2D eigenvalue weighted by atomic mass is 16.3. The van der Waals surface area contributed by atoms with Gasteiger partial charge >= 0.3 is 0 Å². The Morgan fingerprint density at radius 3 is 2.73 bits per heavy atom. The molecule has 1 aromatic rings. The molecule has 0 fully saturated rings. The SMILES string of the molecule is CC(C)[C@@H](CO)NC(=O)c1cc(N)c[nH]1. The van der Waals surface area contributed by atoms with Crippen LogP contribution < -0.4 is 11.1 Å². The molecule has 0 saturated heterocycles. The Morgan fingerprint density at radius 1 is 1.67 bits per heavy atom. The number of carbonyl (C=O) groups excluding carboxylic acids is 1. The van der Waals surface area contributed by atoms with Crippen molar-refractivity contribution in [2.24, 2.45) is 5.92 Å². The van der Waals surface area contributed by atoms with Crippen LogP contribution in [0.15, 0.2) is 12.3 Å². The molecular formula is C10H17N3O2. The number of aliphatic hydroxyl groups is 1. The fourth-order valence-electron chi connectivity index (χ4n) is 1.21. The van der Waals surface area contributed by atoms with E-state index < -0.39 is 0 Å². The maximum absolute atomic E-state index is 11.6. The van der Waals surface area contributed by atoms with Gasteiger partial charge in [-0.1, -0.05) is 13.8 Å². The number of aliphatic hydroxyl groups excluding tert-OH is 1. The molecule has 15 heavy (non-hydrogen) atoms. The molecule has 5 nitrogen and oxygen atoms in total.